The molecule has 2 aliphatic heterocycles. The van der Waals surface area contributed by atoms with E-state index in [4.69, 9.17) is 11.6 Å². The van der Waals surface area contributed by atoms with Crippen LogP contribution in [0.1, 0.15) is 55.7 Å². The molecular formula is C26H26ClF5N6O. The summed E-state index contributed by atoms with van der Waals surface area (Å²) in [6.07, 6.45) is -2.60. The molecule has 0 amide bonds. The number of hydrogen-bond acceptors (Lipinski definition) is 6. The molecule has 0 atom stereocenters. The molecular weight excluding hydrogens is 543 g/mol. The van der Waals surface area contributed by atoms with Crippen LogP contribution in [0.25, 0.3) is 5.69 Å². The highest BCUT2D eigenvalue weighted by Crippen LogP contribution is 2.50. The van der Waals surface area contributed by atoms with Crippen LogP contribution in [0.5, 0.6) is 5.75 Å². The van der Waals surface area contributed by atoms with Crippen molar-refractivity contribution in [3.8, 4) is 11.4 Å². The molecule has 1 aliphatic carbocycles. The Morgan fingerprint density at radius 2 is 1.79 bits per heavy atom. The number of halogens is 6. The number of nitrogens with zero attached hydrogens (tertiary/aromatic N) is 6. The summed E-state index contributed by atoms with van der Waals surface area (Å²) < 4.78 is 72.7. The molecule has 3 aromatic rings. The first-order valence-electron chi connectivity index (χ1n) is 12.7. The third-order valence-electron chi connectivity index (χ3n) is 7.91. The minimum Gasteiger partial charge on any atom is -0.402 e. The van der Waals surface area contributed by atoms with E-state index in [1.165, 1.54) is 18.3 Å². The van der Waals surface area contributed by atoms with E-state index in [9.17, 15) is 22.0 Å². The number of rotatable bonds is 4. The molecule has 0 radical (unpaired) electrons. The maximum absolute atomic E-state index is 13.9. The second kappa shape index (κ2) is 9.29. The molecule has 2 fully saturated rings. The van der Waals surface area contributed by atoms with Gasteiger partial charge in [0.15, 0.2) is 17.4 Å². The zero-order chi connectivity index (χ0) is 27.6. The number of benzene rings is 1. The van der Waals surface area contributed by atoms with Crippen molar-refractivity contribution < 1.29 is 26.7 Å². The van der Waals surface area contributed by atoms with Gasteiger partial charge in [0.1, 0.15) is 5.82 Å². The predicted molar refractivity (Wildman–Crippen MR) is 133 cm³/mol. The Kier molecular flexibility index (Phi) is 6.25. The van der Waals surface area contributed by atoms with E-state index >= 15 is 0 Å². The van der Waals surface area contributed by atoms with E-state index in [-0.39, 0.29) is 30.3 Å². The van der Waals surface area contributed by atoms with Crippen molar-refractivity contribution in [1.29, 1.82) is 0 Å². The number of ether oxygens (including phenoxy) is 1. The van der Waals surface area contributed by atoms with Crippen molar-refractivity contribution in [2.24, 2.45) is 0 Å². The predicted octanol–water partition coefficient (Wildman–Crippen LogP) is 6.10. The lowest BCUT2D eigenvalue weighted by molar-refractivity contribution is -0.274. The molecule has 2 aromatic heterocycles. The average Bonchev–Trinajstić information content (AvgIpc) is 3.18. The molecule has 4 heterocycles. The Labute approximate surface area is 226 Å². The highest BCUT2D eigenvalue weighted by molar-refractivity contribution is 6.30. The lowest BCUT2D eigenvalue weighted by Crippen LogP contribution is -2.59. The summed E-state index contributed by atoms with van der Waals surface area (Å²) >= 11 is 6.33. The Hall–Kier alpha value is -2.99. The number of hydrogen-bond donors (Lipinski definition) is 0. The Morgan fingerprint density at radius 3 is 2.49 bits per heavy atom. The lowest BCUT2D eigenvalue weighted by atomic mass is 9.73. The minimum atomic E-state index is -4.81. The van der Waals surface area contributed by atoms with E-state index in [1.807, 2.05) is 28.5 Å². The molecule has 7 nitrogen and oxygen atoms in total. The van der Waals surface area contributed by atoms with Crippen LogP contribution < -0.4 is 9.64 Å². The quantitative estimate of drug-likeness (QED) is 0.354. The highest BCUT2D eigenvalue weighted by Gasteiger charge is 2.57. The number of aromatic nitrogens is 4. The van der Waals surface area contributed by atoms with Gasteiger partial charge in [-0.05, 0) is 55.7 Å². The van der Waals surface area contributed by atoms with Crippen LogP contribution in [-0.4, -0.2) is 55.6 Å². The highest BCUT2D eigenvalue weighted by atomic mass is 35.5. The van der Waals surface area contributed by atoms with Gasteiger partial charge in [0.2, 0.25) is 0 Å². The van der Waals surface area contributed by atoms with Gasteiger partial charge >= 0.3 is 6.36 Å². The smallest absolute Gasteiger partial charge is 0.402 e. The number of anilines is 1. The molecule has 1 aromatic carbocycles. The van der Waals surface area contributed by atoms with Gasteiger partial charge in [-0.1, -0.05) is 11.6 Å². The summed E-state index contributed by atoms with van der Waals surface area (Å²) in [5.74, 6) is -1.47. The molecule has 39 heavy (non-hydrogen) atoms. The molecule has 0 spiro atoms. The second-order valence-corrected chi connectivity index (χ2v) is 11.2. The summed E-state index contributed by atoms with van der Waals surface area (Å²) in [6, 6.07) is 8.20. The normalized spacial score (nSPS) is 21.1. The topological polar surface area (TPSA) is 59.3 Å². The van der Waals surface area contributed by atoms with Crippen molar-refractivity contribution in [2.45, 2.75) is 69.4 Å². The molecule has 0 N–H and O–H groups in total. The van der Waals surface area contributed by atoms with Crippen LogP contribution >= 0.6 is 11.6 Å². The largest absolute Gasteiger partial charge is 0.573 e. The van der Waals surface area contributed by atoms with Gasteiger partial charge in [-0.15, -0.1) is 23.4 Å². The number of fused-ring (bicyclic) bond motifs is 3. The summed E-state index contributed by atoms with van der Waals surface area (Å²) in [6.45, 7) is 3.56. The summed E-state index contributed by atoms with van der Waals surface area (Å²) in [4.78, 5) is 7.96. The second-order valence-electron chi connectivity index (χ2n) is 10.8. The summed E-state index contributed by atoms with van der Waals surface area (Å²) in [5, 5.41) is 9.57. The number of alkyl halides is 5. The lowest BCUT2D eigenvalue weighted by Gasteiger charge is -2.51. The molecule has 0 bridgehead atoms. The van der Waals surface area contributed by atoms with Crippen molar-refractivity contribution in [3.63, 3.8) is 0 Å². The number of pyridine rings is 1. The zero-order valence-electron chi connectivity index (χ0n) is 21.1. The average molecular weight is 569 g/mol. The molecule has 13 heteroatoms. The third kappa shape index (κ3) is 5.04. The van der Waals surface area contributed by atoms with Gasteiger partial charge in [0, 0.05) is 55.2 Å². The van der Waals surface area contributed by atoms with Gasteiger partial charge in [-0.2, -0.15) is 0 Å². The van der Waals surface area contributed by atoms with Crippen molar-refractivity contribution in [1.82, 2.24) is 24.6 Å². The van der Waals surface area contributed by atoms with Gasteiger partial charge in [-0.25, -0.2) is 13.8 Å². The van der Waals surface area contributed by atoms with E-state index in [0.29, 0.717) is 49.9 Å². The fourth-order valence-electron chi connectivity index (χ4n) is 6.13. The fourth-order valence-corrected chi connectivity index (χ4v) is 6.33. The van der Waals surface area contributed by atoms with Crippen LogP contribution in [0.2, 0.25) is 5.02 Å². The van der Waals surface area contributed by atoms with Gasteiger partial charge < -0.3 is 9.64 Å². The van der Waals surface area contributed by atoms with Gasteiger partial charge in [-0.3, -0.25) is 9.47 Å². The summed E-state index contributed by atoms with van der Waals surface area (Å²) in [7, 11) is 0. The first-order chi connectivity index (χ1) is 18.4. The monoisotopic (exact) mass is 568 g/mol. The van der Waals surface area contributed by atoms with Crippen molar-refractivity contribution in [2.75, 3.05) is 18.0 Å². The molecule has 0 unspecified atom stereocenters. The van der Waals surface area contributed by atoms with Crippen molar-refractivity contribution in [3.05, 3.63) is 58.8 Å². The molecule has 3 aliphatic rings. The molecule has 1 saturated carbocycles. The van der Waals surface area contributed by atoms with Gasteiger partial charge in [0.05, 0.1) is 12.2 Å². The van der Waals surface area contributed by atoms with E-state index in [0.717, 1.165) is 17.1 Å². The standard InChI is InChI=1S/C26H26ClF5N6O/c1-24(14-25(28,29)15-24)37-12-17-11-18(27)4-5-19(17)38-21(13-37)34-35-22(38)16-6-9-36(10-7-16)23-20(3-2-8-33-23)39-26(30,31)32/h2-5,8,11,16H,6-7,9-10,12-15H2,1H3. The van der Waals surface area contributed by atoms with Crippen LogP contribution in [0.4, 0.5) is 27.8 Å². The van der Waals surface area contributed by atoms with E-state index in [2.05, 4.69) is 19.9 Å². The molecule has 208 valence electrons. The summed E-state index contributed by atoms with van der Waals surface area (Å²) in [5.41, 5.74) is 1.09. The number of piperidine rings is 1. The van der Waals surface area contributed by atoms with Gasteiger partial charge in [0.25, 0.3) is 5.92 Å². The first kappa shape index (κ1) is 26.2. The Morgan fingerprint density at radius 1 is 1.05 bits per heavy atom. The van der Waals surface area contributed by atoms with E-state index < -0.39 is 17.8 Å². The fraction of sp³-hybridized carbons (Fsp3) is 0.500. The third-order valence-corrected chi connectivity index (χ3v) is 8.14. The maximum Gasteiger partial charge on any atom is 0.573 e. The van der Waals surface area contributed by atoms with Crippen molar-refractivity contribution >= 4 is 17.4 Å². The van der Waals surface area contributed by atoms with Crippen LogP contribution in [0.15, 0.2) is 36.5 Å². The SMILES string of the molecule is CC1(N2Cc3cc(Cl)ccc3-n3c(nnc3C3CCN(c4ncccc4OC(F)(F)F)CC3)C2)CC(F)(F)C1. The van der Waals surface area contributed by atoms with Crippen LogP contribution in [0.3, 0.4) is 0 Å². The molecule has 1 saturated heterocycles. The van der Waals surface area contributed by atoms with Crippen LogP contribution in [0, 0.1) is 0 Å². The molecule has 6 rings (SSSR count). The van der Waals surface area contributed by atoms with E-state index in [1.54, 1.807) is 11.0 Å². The first-order valence-corrected chi connectivity index (χ1v) is 13.1. The maximum atomic E-state index is 13.9. The Balaban J connectivity index is 1.27. The minimum absolute atomic E-state index is 0.0168. The zero-order valence-corrected chi connectivity index (χ0v) is 21.8. The Bertz CT molecular complexity index is 1380. The van der Waals surface area contributed by atoms with Crippen LogP contribution in [-0.2, 0) is 13.1 Å².